The Bertz CT molecular complexity index is 1030. The molecule has 0 bridgehead atoms. The van der Waals surface area contributed by atoms with Crippen LogP contribution in [0.25, 0.3) is 0 Å². The number of allylic oxidation sites excluding steroid dienone is 4. The number of aliphatic hydroxyl groups excluding tert-OH is 3. The van der Waals surface area contributed by atoms with Gasteiger partial charge < -0.3 is 20.6 Å². The number of unbranched alkanes of at least 4 members (excludes halogenated alkanes) is 47. The summed E-state index contributed by atoms with van der Waals surface area (Å²) < 4.78 is 0. The fourth-order valence-corrected chi connectivity index (χ4v) is 10.2. The molecule has 0 aromatic rings. The van der Waals surface area contributed by atoms with Gasteiger partial charge in [0.05, 0.1) is 18.8 Å². The van der Waals surface area contributed by atoms with E-state index in [-0.39, 0.29) is 12.5 Å². The lowest BCUT2D eigenvalue weighted by Gasteiger charge is -2.26. The van der Waals surface area contributed by atoms with Crippen LogP contribution >= 0.6 is 0 Å². The van der Waals surface area contributed by atoms with E-state index >= 15 is 0 Å². The van der Waals surface area contributed by atoms with Crippen LogP contribution in [0.1, 0.15) is 354 Å². The minimum Gasteiger partial charge on any atom is -0.394 e. The first-order valence-electron chi connectivity index (χ1n) is 31.6. The molecule has 0 fully saturated rings. The Hall–Kier alpha value is -1.17. The van der Waals surface area contributed by atoms with Gasteiger partial charge in [0.25, 0.3) is 0 Å². The number of carbonyl (C=O) groups excluding carboxylic acids is 1. The average molecular weight is 973 g/mol. The Morgan fingerprint density at radius 1 is 0.348 bits per heavy atom. The minimum atomic E-state index is -1.16. The summed E-state index contributed by atoms with van der Waals surface area (Å²) in [6.45, 7) is 4.22. The molecule has 3 atom stereocenters. The lowest BCUT2D eigenvalue weighted by Crippen LogP contribution is -2.50. The van der Waals surface area contributed by atoms with E-state index in [9.17, 15) is 20.1 Å². The maximum absolute atomic E-state index is 12.5. The third kappa shape index (κ3) is 54.4. The van der Waals surface area contributed by atoms with Crippen molar-refractivity contribution in [3.63, 3.8) is 0 Å². The summed E-state index contributed by atoms with van der Waals surface area (Å²) in [6.07, 6.45) is 76.5. The van der Waals surface area contributed by atoms with E-state index in [2.05, 4.69) is 43.5 Å². The maximum Gasteiger partial charge on any atom is 0.220 e. The van der Waals surface area contributed by atoms with Crippen LogP contribution in [0.2, 0.25) is 0 Å². The highest BCUT2D eigenvalue weighted by molar-refractivity contribution is 5.76. The van der Waals surface area contributed by atoms with E-state index in [1.807, 2.05) is 0 Å². The lowest BCUT2D eigenvalue weighted by molar-refractivity contribution is -0.124. The predicted octanol–water partition coefficient (Wildman–Crippen LogP) is 20.0. The van der Waals surface area contributed by atoms with Crippen molar-refractivity contribution >= 4 is 5.91 Å². The van der Waals surface area contributed by atoms with E-state index in [0.717, 1.165) is 38.5 Å². The number of carbonyl (C=O) groups is 1. The zero-order valence-electron chi connectivity index (χ0n) is 47.0. The topological polar surface area (TPSA) is 89.8 Å². The third-order valence-electron chi connectivity index (χ3n) is 15.0. The highest BCUT2D eigenvalue weighted by Gasteiger charge is 2.26. The second kappa shape index (κ2) is 59.4. The summed E-state index contributed by atoms with van der Waals surface area (Å²) in [5.74, 6) is -0.148. The Kier molecular flexibility index (Phi) is 58.4. The monoisotopic (exact) mass is 972 g/mol. The molecule has 0 aliphatic carbocycles. The van der Waals surface area contributed by atoms with Gasteiger partial charge in [0.2, 0.25) is 5.91 Å². The highest BCUT2D eigenvalue weighted by atomic mass is 16.3. The van der Waals surface area contributed by atoms with Crippen molar-refractivity contribution in [1.29, 1.82) is 0 Å². The first-order chi connectivity index (χ1) is 34.1. The highest BCUT2D eigenvalue weighted by Crippen LogP contribution is 2.18. The molecular formula is C64H125NO4. The molecule has 0 radical (unpaired) electrons. The van der Waals surface area contributed by atoms with E-state index in [1.54, 1.807) is 0 Å². The van der Waals surface area contributed by atoms with Gasteiger partial charge in [-0.2, -0.15) is 0 Å². The van der Waals surface area contributed by atoms with Gasteiger partial charge in [-0.25, -0.2) is 0 Å². The van der Waals surface area contributed by atoms with Gasteiger partial charge in [0.15, 0.2) is 0 Å². The van der Waals surface area contributed by atoms with Gasteiger partial charge in [-0.15, -0.1) is 0 Å². The van der Waals surface area contributed by atoms with Gasteiger partial charge in [0.1, 0.15) is 6.10 Å². The average Bonchev–Trinajstić information content (AvgIpc) is 3.35. The molecule has 0 aromatic carbocycles. The van der Waals surface area contributed by atoms with E-state index in [0.29, 0.717) is 12.8 Å². The van der Waals surface area contributed by atoms with Gasteiger partial charge in [-0.1, -0.05) is 308 Å². The summed E-state index contributed by atoms with van der Waals surface area (Å²) in [5, 5.41) is 33.8. The van der Waals surface area contributed by atoms with Crippen molar-refractivity contribution in [2.24, 2.45) is 0 Å². The molecule has 0 aliphatic rings. The molecule has 5 nitrogen and oxygen atoms in total. The molecule has 69 heavy (non-hydrogen) atoms. The smallest absolute Gasteiger partial charge is 0.220 e. The molecule has 4 N–H and O–H groups in total. The predicted molar refractivity (Wildman–Crippen MR) is 305 cm³/mol. The van der Waals surface area contributed by atoms with E-state index in [1.165, 1.54) is 289 Å². The van der Waals surface area contributed by atoms with Crippen LogP contribution in [-0.2, 0) is 4.79 Å². The fourth-order valence-electron chi connectivity index (χ4n) is 10.2. The third-order valence-corrected chi connectivity index (χ3v) is 15.0. The van der Waals surface area contributed by atoms with Crippen molar-refractivity contribution in [3.8, 4) is 0 Å². The largest absolute Gasteiger partial charge is 0.394 e. The molecule has 0 saturated heterocycles. The molecule has 0 aliphatic heterocycles. The summed E-state index contributed by atoms with van der Waals surface area (Å²) in [6, 6.07) is -0.825. The first kappa shape index (κ1) is 67.8. The quantitative estimate of drug-likeness (QED) is 0.0361. The maximum atomic E-state index is 12.5. The molecule has 410 valence electrons. The zero-order chi connectivity index (χ0) is 50.0. The molecule has 3 unspecified atom stereocenters. The van der Waals surface area contributed by atoms with Crippen LogP contribution in [-0.4, -0.2) is 46.1 Å². The summed E-state index contributed by atoms with van der Waals surface area (Å²) >= 11 is 0. The van der Waals surface area contributed by atoms with Crippen molar-refractivity contribution in [3.05, 3.63) is 24.3 Å². The first-order valence-corrected chi connectivity index (χ1v) is 31.6. The summed E-state index contributed by atoms with van der Waals surface area (Å²) in [7, 11) is 0. The normalized spacial score (nSPS) is 13.3. The van der Waals surface area contributed by atoms with Crippen LogP contribution in [0.5, 0.6) is 0 Å². The number of hydrogen-bond acceptors (Lipinski definition) is 4. The van der Waals surface area contributed by atoms with Crippen LogP contribution in [0.4, 0.5) is 0 Å². The van der Waals surface area contributed by atoms with Gasteiger partial charge >= 0.3 is 0 Å². The summed E-state index contributed by atoms with van der Waals surface area (Å²) in [5.41, 5.74) is 0. The van der Waals surface area contributed by atoms with Gasteiger partial charge in [-0.3, -0.25) is 4.79 Å². The minimum absolute atomic E-state index is 0.148. The molecule has 0 aromatic heterocycles. The van der Waals surface area contributed by atoms with Crippen LogP contribution < -0.4 is 5.32 Å². The summed E-state index contributed by atoms with van der Waals surface area (Å²) in [4.78, 5) is 12.5. The van der Waals surface area contributed by atoms with Crippen LogP contribution in [0.3, 0.4) is 0 Å². The second-order valence-electron chi connectivity index (χ2n) is 22.0. The second-order valence-corrected chi connectivity index (χ2v) is 22.0. The molecule has 0 spiro atoms. The van der Waals surface area contributed by atoms with Gasteiger partial charge in [0, 0.05) is 6.42 Å². The van der Waals surface area contributed by atoms with Crippen molar-refractivity contribution < 1.29 is 20.1 Å². The van der Waals surface area contributed by atoms with Crippen molar-refractivity contribution in [2.75, 3.05) is 6.61 Å². The molecule has 5 heteroatoms. The number of aliphatic hydroxyl groups is 3. The van der Waals surface area contributed by atoms with Crippen molar-refractivity contribution in [1.82, 2.24) is 5.32 Å². The Labute approximate surface area is 432 Å². The SMILES string of the molecule is CCCCCCCCCCCCCC/C=C\CCCCCCCCCCCCCCCCCC(=O)NC(CO)C(O)C(O)CCC/C=C/CCCCCCCCCCCCCCCCCCCCC. The molecular weight excluding hydrogens is 847 g/mol. The van der Waals surface area contributed by atoms with Crippen LogP contribution in [0.15, 0.2) is 24.3 Å². The number of hydrogen-bond donors (Lipinski definition) is 4. The number of nitrogens with one attached hydrogen (secondary N) is 1. The standard InChI is InChI=1S/C64H125NO4/c1-3-5-7-9-11-13-15-17-19-21-23-25-27-29-30-31-32-33-34-35-37-39-41-43-45-47-49-51-53-55-57-59-63(68)65-61(60-66)64(69)62(67)58-56-54-52-50-48-46-44-42-40-38-36-28-26-24-22-20-18-16-14-12-10-8-6-4-2/h29-30,50,52,61-62,64,66-67,69H,3-28,31-49,51,53-60H2,1-2H3,(H,65,68)/b30-29-,52-50+. The van der Waals surface area contributed by atoms with Crippen molar-refractivity contribution in [2.45, 2.75) is 372 Å². The Morgan fingerprint density at radius 2 is 0.580 bits per heavy atom. The molecule has 1 amide bonds. The lowest BCUT2D eigenvalue weighted by atomic mass is 10.0. The fraction of sp³-hybridized carbons (Fsp3) is 0.922. The molecule has 0 rings (SSSR count). The van der Waals surface area contributed by atoms with Crippen LogP contribution in [0, 0.1) is 0 Å². The van der Waals surface area contributed by atoms with E-state index in [4.69, 9.17) is 0 Å². The molecule has 0 saturated carbocycles. The van der Waals surface area contributed by atoms with E-state index < -0.39 is 18.2 Å². The Balaban J connectivity index is 3.51. The Morgan fingerprint density at radius 3 is 0.841 bits per heavy atom. The number of amides is 1. The number of rotatable bonds is 59. The molecule has 0 heterocycles. The zero-order valence-corrected chi connectivity index (χ0v) is 47.0. The van der Waals surface area contributed by atoms with Gasteiger partial charge in [-0.05, 0) is 64.2 Å².